The molecule has 1 aliphatic carbocycles. The number of alkyl halides is 1. The number of likely N-dealkylation sites (tertiary alicyclic amines) is 2. The first-order valence-electron chi connectivity index (χ1n) is 9.61. The van der Waals surface area contributed by atoms with Gasteiger partial charge in [0.2, 0.25) is 5.91 Å². The van der Waals surface area contributed by atoms with Gasteiger partial charge in [-0.05, 0) is 31.1 Å². The molecule has 3 aliphatic rings. The summed E-state index contributed by atoms with van der Waals surface area (Å²) in [5.74, 6) is 0.178. The molecule has 27 heavy (non-hydrogen) atoms. The second kappa shape index (κ2) is 6.93. The van der Waals surface area contributed by atoms with Crippen molar-refractivity contribution >= 4 is 11.9 Å². The number of nitriles is 1. The van der Waals surface area contributed by atoms with Gasteiger partial charge in [-0.3, -0.25) is 4.79 Å². The van der Waals surface area contributed by atoms with Crippen LogP contribution < -0.4 is 5.32 Å². The summed E-state index contributed by atoms with van der Waals surface area (Å²) < 4.78 is 13.6. The minimum absolute atomic E-state index is 0.0113. The zero-order chi connectivity index (χ0) is 20.0. The van der Waals surface area contributed by atoms with Crippen LogP contribution in [0.1, 0.15) is 33.1 Å². The second-order valence-corrected chi connectivity index (χ2v) is 9.23. The smallest absolute Gasteiger partial charge is 0.319 e. The van der Waals surface area contributed by atoms with Crippen LogP contribution in [0, 0.1) is 22.7 Å². The third kappa shape index (κ3) is 3.75. The molecule has 3 rings (SSSR count). The van der Waals surface area contributed by atoms with E-state index in [2.05, 4.69) is 19.2 Å². The molecule has 5 atom stereocenters. The molecule has 3 fully saturated rings. The van der Waals surface area contributed by atoms with E-state index in [0.717, 1.165) is 25.9 Å². The Morgan fingerprint density at radius 2 is 2.04 bits per heavy atom. The van der Waals surface area contributed by atoms with Gasteiger partial charge in [-0.25, -0.2) is 9.18 Å². The largest absolute Gasteiger partial charge is 0.331 e. The van der Waals surface area contributed by atoms with E-state index in [0.29, 0.717) is 5.92 Å². The number of fused-ring (bicyclic) bond motifs is 1. The van der Waals surface area contributed by atoms with Crippen LogP contribution in [0.3, 0.4) is 0 Å². The van der Waals surface area contributed by atoms with Gasteiger partial charge in [0.15, 0.2) is 0 Å². The Labute approximate surface area is 160 Å². The predicted octanol–water partition coefficient (Wildman–Crippen LogP) is 1.21. The van der Waals surface area contributed by atoms with Crippen molar-refractivity contribution in [2.45, 2.75) is 50.9 Å². The Kier molecular flexibility index (Phi) is 5.10. The van der Waals surface area contributed by atoms with Crippen molar-refractivity contribution < 1.29 is 14.0 Å². The summed E-state index contributed by atoms with van der Waals surface area (Å²) in [4.78, 5) is 29.6. The molecule has 150 valence electrons. The van der Waals surface area contributed by atoms with Gasteiger partial charge >= 0.3 is 6.03 Å². The molecule has 3 amide bonds. The highest BCUT2D eigenvalue weighted by Gasteiger charge is 2.55. The van der Waals surface area contributed by atoms with E-state index in [4.69, 9.17) is 5.26 Å². The molecule has 0 unspecified atom stereocenters. The molecule has 1 saturated carbocycles. The van der Waals surface area contributed by atoms with Gasteiger partial charge in [0.25, 0.3) is 0 Å². The van der Waals surface area contributed by atoms with Crippen LogP contribution in [0.25, 0.3) is 0 Å². The molecular weight excluding hydrogens is 349 g/mol. The van der Waals surface area contributed by atoms with Crippen molar-refractivity contribution in [1.29, 1.82) is 5.26 Å². The predicted molar refractivity (Wildman–Crippen MR) is 98.5 cm³/mol. The minimum Gasteiger partial charge on any atom is -0.331 e. The van der Waals surface area contributed by atoms with Crippen LogP contribution >= 0.6 is 0 Å². The molecule has 8 heteroatoms. The molecule has 0 aromatic carbocycles. The van der Waals surface area contributed by atoms with Gasteiger partial charge in [-0.15, -0.1) is 0 Å². The summed E-state index contributed by atoms with van der Waals surface area (Å²) >= 11 is 0. The van der Waals surface area contributed by atoms with E-state index >= 15 is 0 Å². The number of hydrogen-bond acceptors (Lipinski definition) is 4. The first kappa shape index (κ1) is 19.9. The van der Waals surface area contributed by atoms with Gasteiger partial charge in [0.1, 0.15) is 12.2 Å². The maximum atomic E-state index is 13.6. The van der Waals surface area contributed by atoms with E-state index in [1.165, 1.54) is 4.90 Å². The third-order valence-corrected chi connectivity index (χ3v) is 6.51. The summed E-state index contributed by atoms with van der Waals surface area (Å²) in [6.07, 6.45) is 0.762. The van der Waals surface area contributed by atoms with E-state index in [1.54, 1.807) is 19.0 Å². The molecule has 0 radical (unpaired) electrons. The van der Waals surface area contributed by atoms with Gasteiger partial charge < -0.3 is 20.0 Å². The number of carbonyl (C=O) groups is 2. The highest BCUT2D eigenvalue weighted by molar-refractivity contribution is 5.79. The van der Waals surface area contributed by atoms with Crippen molar-refractivity contribution in [3.8, 4) is 6.07 Å². The number of carbonyl (C=O) groups excluding carboxylic acids is 2. The third-order valence-electron chi connectivity index (χ3n) is 6.51. The van der Waals surface area contributed by atoms with Gasteiger partial charge in [-0.1, -0.05) is 6.92 Å². The fourth-order valence-electron chi connectivity index (χ4n) is 5.27. The fourth-order valence-corrected chi connectivity index (χ4v) is 5.27. The molecule has 0 aromatic rings. The SMILES string of the molecule is CN(C)C(=O)N1C[C@@H]2C[C@](C)(NCC(=O)N3C[C@@H](F)C[C@H]3C#N)C[C@]2(C)C1. The second-order valence-electron chi connectivity index (χ2n) is 9.23. The number of nitrogens with one attached hydrogen (secondary N) is 1. The molecule has 2 aliphatic heterocycles. The molecule has 0 spiro atoms. The lowest BCUT2D eigenvalue weighted by molar-refractivity contribution is -0.130. The standard InChI is InChI=1S/C19H30FN5O2/c1-18-11-19(2,6-13(18)9-24(12-18)17(27)23(3)4)22-8-16(26)25-10-14(20)5-15(25)7-21/h13-15,22H,5-6,8-12H2,1-4H3/t13-,14-,15-,18+,19-/m0/s1. The average Bonchev–Trinajstić information content (AvgIpc) is 3.18. The summed E-state index contributed by atoms with van der Waals surface area (Å²) in [6, 6.07) is 1.41. The summed E-state index contributed by atoms with van der Waals surface area (Å²) in [5, 5.41) is 12.5. The van der Waals surface area contributed by atoms with Crippen molar-refractivity contribution in [2.24, 2.45) is 11.3 Å². The summed E-state index contributed by atoms with van der Waals surface area (Å²) in [7, 11) is 3.54. The molecule has 0 aromatic heterocycles. The molecular formula is C19H30FN5O2. The first-order chi connectivity index (χ1) is 12.6. The van der Waals surface area contributed by atoms with Gasteiger partial charge in [0, 0.05) is 39.1 Å². The Balaban J connectivity index is 1.57. The quantitative estimate of drug-likeness (QED) is 0.799. The first-order valence-corrected chi connectivity index (χ1v) is 9.61. The number of halogens is 1. The van der Waals surface area contributed by atoms with Crippen LogP contribution in [0.4, 0.5) is 9.18 Å². The van der Waals surface area contributed by atoms with Crippen LogP contribution in [0.2, 0.25) is 0 Å². The van der Waals surface area contributed by atoms with Crippen molar-refractivity contribution in [2.75, 3.05) is 40.3 Å². The zero-order valence-electron chi connectivity index (χ0n) is 16.7. The normalized spacial score (nSPS) is 38.0. The Morgan fingerprint density at radius 3 is 2.63 bits per heavy atom. The fraction of sp³-hybridized carbons (Fsp3) is 0.842. The van der Waals surface area contributed by atoms with E-state index < -0.39 is 12.2 Å². The van der Waals surface area contributed by atoms with Gasteiger partial charge in [-0.2, -0.15) is 5.26 Å². The van der Waals surface area contributed by atoms with Crippen LogP contribution in [0.5, 0.6) is 0 Å². The molecule has 2 saturated heterocycles. The van der Waals surface area contributed by atoms with E-state index in [1.807, 2.05) is 11.0 Å². The highest BCUT2D eigenvalue weighted by Crippen LogP contribution is 2.52. The van der Waals surface area contributed by atoms with E-state index in [-0.39, 0.29) is 42.4 Å². The molecule has 7 nitrogen and oxygen atoms in total. The molecule has 2 heterocycles. The zero-order valence-corrected chi connectivity index (χ0v) is 16.7. The molecule has 0 bridgehead atoms. The maximum Gasteiger partial charge on any atom is 0.319 e. The Bertz CT molecular complexity index is 665. The number of urea groups is 1. The topological polar surface area (TPSA) is 79.7 Å². The monoisotopic (exact) mass is 379 g/mol. The van der Waals surface area contributed by atoms with E-state index in [9.17, 15) is 14.0 Å². The van der Waals surface area contributed by atoms with Crippen LogP contribution in [-0.4, -0.2) is 84.7 Å². The highest BCUT2D eigenvalue weighted by atomic mass is 19.1. The maximum absolute atomic E-state index is 13.6. The minimum atomic E-state index is -1.11. The lowest BCUT2D eigenvalue weighted by Crippen LogP contribution is -2.49. The lowest BCUT2D eigenvalue weighted by Gasteiger charge is -2.32. The number of nitrogens with zero attached hydrogens (tertiary/aromatic N) is 4. The number of amides is 3. The van der Waals surface area contributed by atoms with Gasteiger partial charge in [0.05, 0.1) is 19.2 Å². The number of hydrogen-bond donors (Lipinski definition) is 1. The van der Waals surface area contributed by atoms with Crippen LogP contribution in [-0.2, 0) is 4.79 Å². The Morgan fingerprint density at radius 1 is 1.33 bits per heavy atom. The van der Waals surface area contributed by atoms with Crippen molar-refractivity contribution in [3.63, 3.8) is 0 Å². The van der Waals surface area contributed by atoms with Crippen molar-refractivity contribution in [3.05, 3.63) is 0 Å². The summed E-state index contributed by atoms with van der Waals surface area (Å²) in [6.45, 7) is 5.93. The van der Waals surface area contributed by atoms with Crippen LogP contribution in [0.15, 0.2) is 0 Å². The lowest BCUT2D eigenvalue weighted by atomic mass is 9.82. The van der Waals surface area contributed by atoms with Crippen molar-refractivity contribution in [1.82, 2.24) is 20.0 Å². The Hall–Kier alpha value is -1.88. The molecule has 1 N–H and O–H groups in total. The summed E-state index contributed by atoms with van der Waals surface area (Å²) in [5.41, 5.74) is -0.164. The number of rotatable bonds is 3. The average molecular weight is 379 g/mol.